The fourth-order valence-electron chi connectivity index (χ4n) is 4.01. The number of benzene rings is 2. The van der Waals surface area contributed by atoms with E-state index in [1.54, 1.807) is 24.3 Å². The molecule has 1 aliphatic heterocycles. The monoisotopic (exact) mass is 475 g/mol. The number of anilines is 1. The fraction of sp³-hybridized carbons (Fsp3) is 0.269. The molecule has 0 bridgehead atoms. The van der Waals surface area contributed by atoms with E-state index in [0.29, 0.717) is 16.1 Å². The third-order valence-corrected chi connectivity index (χ3v) is 6.84. The van der Waals surface area contributed by atoms with Gasteiger partial charge >= 0.3 is 6.09 Å². The van der Waals surface area contributed by atoms with Crippen LogP contribution in [-0.2, 0) is 16.1 Å². The summed E-state index contributed by atoms with van der Waals surface area (Å²) in [6.45, 7) is 2.27. The molecule has 2 atom stereocenters. The molecule has 2 aliphatic rings. The molecule has 5 rings (SSSR count). The van der Waals surface area contributed by atoms with E-state index in [1.165, 1.54) is 16.2 Å². The van der Waals surface area contributed by atoms with Crippen LogP contribution in [0.25, 0.3) is 0 Å². The van der Waals surface area contributed by atoms with Crippen molar-refractivity contribution in [3.05, 3.63) is 87.6 Å². The highest BCUT2D eigenvalue weighted by molar-refractivity contribution is 7.12. The molecule has 174 valence electrons. The summed E-state index contributed by atoms with van der Waals surface area (Å²) in [6, 6.07) is 17.9. The number of thiophene rings is 1. The number of hydrogen-bond donors (Lipinski definition) is 2. The van der Waals surface area contributed by atoms with Crippen molar-refractivity contribution < 1.29 is 19.1 Å². The molecule has 2 N–H and O–H groups in total. The van der Waals surface area contributed by atoms with E-state index in [9.17, 15) is 14.4 Å². The van der Waals surface area contributed by atoms with E-state index in [-0.39, 0.29) is 24.4 Å². The molecule has 0 unspecified atom stereocenters. The molecule has 1 saturated heterocycles. The third kappa shape index (κ3) is 4.82. The van der Waals surface area contributed by atoms with Gasteiger partial charge in [0, 0.05) is 11.7 Å². The third-order valence-electron chi connectivity index (χ3n) is 5.97. The number of cyclic esters (lactones) is 1. The highest BCUT2D eigenvalue weighted by Crippen LogP contribution is 2.35. The first kappa shape index (κ1) is 22.2. The Labute approximate surface area is 201 Å². The molecule has 1 saturated carbocycles. The van der Waals surface area contributed by atoms with Crippen LogP contribution in [0, 0.1) is 6.92 Å². The first-order valence-electron chi connectivity index (χ1n) is 11.3. The lowest BCUT2D eigenvalue weighted by atomic mass is 10.00. The predicted octanol–water partition coefficient (Wildman–Crippen LogP) is 4.65. The number of nitrogens with one attached hydrogen (secondary N) is 2. The Bertz CT molecular complexity index is 1210. The predicted molar refractivity (Wildman–Crippen MR) is 130 cm³/mol. The number of rotatable bonds is 7. The quantitative estimate of drug-likeness (QED) is 0.521. The molecule has 2 aromatic carbocycles. The van der Waals surface area contributed by atoms with Crippen molar-refractivity contribution in [3.63, 3.8) is 0 Å². The lowest BCUT2D eigenvalue weighted by Crippen LogP contribution is -2.46. The average molecular weight is 476 g/mol. The largest absolute Gasteiger partial charge is 0.438 e. The Morgan fingerprint density at radius 1 is 1.09 bits per heavy atom. The number of carbonyl (C=O) groups excluding carboxylic acids is 3. The molecule has 3 aromatic rings. The second-order valence-electron chi connectivity index (χ2n) is 8.70. The molecule has 3 amide bonds. The Balaban J connectivity index is 1.41. The van der Waals surface area contributed by atoms with E-state index >= 15 is 0 Å². The van der Waals surface area contributed by atoms with Crippen LogP contribution < -0.4 is 10.6 Å². The van der Waals surface area contributed by atoms with Crippen molar-refractivity contribution in [3.8, 4) is 0 Å². The van der Waals surface area contributed by atoms with E-state index in [0.717, 1.165) is 24.0 Å². The molecule has 2 heterocycles. The summed E-state index contributed by atoms with van der Waals surface area (Å²) in [4.78, 5) is 40.7. The Morgan fingerprint density at radius 2 is 1.88 bits per heavy atom. The van der Waals surface area contributed by atoms with Gasteiger partial charge in [-0.25, -0.2) is 4.79 Å². The SMILES string of the molecule is Cc1ccc(CN2C(=O)O[C@@H](c3cccc(NC(=O)c4cccs4)c3)[C@@H]2C(=O)NC2CC2)cc1. The first-order valence-corrected chi connectivity index (χ1v) is 12.1. The van der Waals surface area contributed by atoms with Crippen LogP contribution in [0.1, 0.15) is 45.3 Å². The van der Waals surface area contributed by atoms with E-state index in [1.807, 2.05) is 48.7 Å². The van der Waals surface area contributed by atoms with E-state index in [2.05, 4.69) is 10.6 Å². The molecule has 0 spiro atoms. The first-order chi connectivity index (χ1) is 16.5. The van der Waals surface area contributed by atoms with Crippen LogP contribution in [-0.4, -0.2) is 34.9 Å². The zero-order valence-corrected chi connectivity index (χ0v) is 19.5. The zero-order valence-electron chi connectivity index (χ0n) is 18.7. The Kier molecular flexibility index (Phi) is 6.06. The summed E-state index contributed by atoms with van der Waals surface area (Å²) in [7, 11) is 0. The molecule has 8 heteroatoms. The van der Waals surface area contributed by atoms with Crippen LogP contribution in [0.3, 0.4) is 0 Å². The molecule has 0 radical (unpaired) electrons. The van der Waals surface area contributed by atoms with Crippen molar-refractivity contribution in [1.82, 2.24) is 10.2 Å². The van der Waals surface area contributed by atoms with Gasteiger partial charge in [-0.05, 0) is 54.5 Å². The van der Waals surface area contributed by atoms with E-state index in [4.69, 9.17) is 4.74 Å². The van der Waals surface area contributed by atoms with Gasteiger partial charge in [-0.15, -0.1) is 11.3 Å². The molecule has 2 fully saturated rings. The molecule has 7 nitrogen and oxygen atoms in total. The van der Waals surface area contributed by atoms with Crippen molar-refractivity contribution in [1.29, 1.82) is 0 Å². The van der Waals surface area contributed by atoms with Crippen molar-refractivity contribution in [2.24, 2.45) is 0 Å². The van der Waals surface area contributed by atoms with Gasteiger partial charge in [0.2, 0.25) is 5.91 Å². The Morgan fingerprint density at radius 3 is 2.59 bits per heavy atom. The minimum atomic E-state index is -0.808. The van der Waals surface area contributed by atoms with Gasteiger partial charge in [0.1, 0.15) is 0 Å². The normalized spacial score (nSPS) is 19.6. The second kappa shape index (κ2) is 9.30. The lowest BCUT2D eigenvalue weighted by molar-refractivity contribution is -0.126. The van der Waals surface area contributed by atoms with Gasteiger partial charge in [0.25, 0.3) is 5.91 Å². The molecule has 1 aliphatic carbocycles. The smallest absolute Gasteiger partial charge is 0.411 e. The lowest BCUT2D eigenvalue weighted by Gasteiger charge is -2.24. The topological polar surface area (TPSA) is 87.7 Å². The van der Waals surface area contributed by atoms with Crippen molar-refractivity contribution in [2.45, 2.75) is 44.5 Å². The van der Waals surface area contributed by atoms with Crippen LogP contribution in [0.15, 0.2) is 66.0 Å². The van der Waals surface area contributed by atoms with Gasteiger partial charge in [-0.3, -0.25) is 14.5 Å². The number of carbonyl (C=O) groups is 3. The minimum absolute atomic E-state index is 0.154. The molecular formula is C26H25N3O4S. The summed E-state index contributed by atoms with van der Waals surface area (Å²) < 4.78 is 5.74. The standard InChI is InChI=1S/C26H25N3O4S/c1-16-7-9-17(10-8-16)15-29-22(25(31)27-19-11-12-19)23(33-26(29)32)18-4-2-5-20(14-18)28-24(30)21-6-3-13-34-21/h2-10,13-14,19,22-23H,11-12,15H2,1H3,(H,27,31)(H,28,30)/t22-,23+/m1/s1. The fourth-order valence-corrected chi connectivity index (χ4v) is 4.63. The molecular weight excluding hydrogens is 450 g/mol. The van der Waals surface area contributed by atoms with Crippen molar-refractivity contribution in [2.75, 3.05) is 5.32 Å². The van der Waals surface area contributed by atoms with Gasteiger partial charge in [0.05, 0.1) is 11.4 Å². The molecule has 1 aromatic heterocycles. The number of nitrogens with zero attached hydrogens (tertiary/aromatic N) is 1. The van der Waals surface area contributed by atoms with Crippen LogP contribution in [0.2, 0.25) is 0 Å². The highest BCUT2D eigenvalue weighted by atomic mass is 32.1. The Hall–Kier alpha value is -3.65. The molecule has 34 heavy (non-hydrogen) atoms. The number of hydrogen-bond acceptors (Lipinski definition) is 5. The highest BCUT2D eigenvalue weighted by Gasteiger charge is 2.48. The maximum absolute atomic E-state index is 13.2. The number of amides is 3. The average Bonchev–Trinajstić information content (AvgIpc) is 3.34. The zero-order chi connectivity index (χ0) is 23.7. The maximum atomic E-state index is 13.2. The summed E-state index contributed by atoms with van der Waals surface area (Å²) in [5, 5.41) is 7.75. The van der Waals surface area contributed by atoms with Crippen LogP contribution in [0.4, 0.5) is 10.5 Å². The number of ether oxygens (including phenoxy) is 1. The van der Waals surface area contributed by atoms with Gasteiger partial charge in [-0.1, -0.05) is 48.0 Å². The summed E-state index contributed by atoms with van der Waals surface area (Å²) in [5.74, 6) is -0.432. The summed E-state index contributed by atoms with van der Waals surface area (Å²) in [5.41, 5.74) is 3.27. The van der Waals surface area contributed by atoms with Crippen molar-refractivity contribution >= 4 is 34.9 Å². The van der Waals surface area contributed by atoms with Crippen LogP contribution >= 0.6 is 11.3 Å². The maximum Gasteiger partial charge on any atom is 0.411 e. The van der Waals surface area contributed by atoms with Crippen LogP contribution in [0.5, 0.6) is 0 Å². The second-order valence-corrected chi connectivity index (χ2v) is 9.65. The summed E-state index contributed by atoms with van der Waals surface area (Å²) >= 11 is 1.36. The van der Waals surface area contributed by atoms with Gasteiger partial charge in [0.15, 0.2) is 12.1 Å². The van der Waals surface area contributed by atoms with Gasteiger partial charge in [-0.2, -0.15) is 0 Å². The summed E-state index contributed by atoms with van der Waals surface area (Å²) in [6.07, 6.45) is 0.574. The number of aryl methyl sites for hydroxylation is 1. The minimum Gasteiger partial charge on any atom is -0.438 e. The van der Waals surface area contributed by atoms with E-state index < -0.39 is 18.2 Å². The van der Waals surface area contributed by atoms with Gasteiger partial charge < -0.3 is 15.4 Å².